The summed E-state index contributed by atoms with van der Waals surface area (Å²) in [5, 5.41) is 3.45. The van der Waals surface area contributed by atoms with Crippen LogP contribution in [0.2, 0.25) is 0 Å². The fourth-order valence-electron chi connectivity index (χ4n) is 0.105. The first-order valence-electron chi connectivity index (χ1n) is 1.57. The zero-order valence-electron chi connectivity index (χ0n) is 3.47. The highest BCUT2D eigenvalue weighted by Crippen LogP contribution is 2.04. The lowest BCUT2D eigenvalue weighted by Gasteiger charge is -1.71. The second kappa shape index (κ2) is 6.41. The highest BCUT2D eigenvalue weighted by Gasteiger charge is 1.63. The van der Waals surface area contributed by atoms with Crippen LogP contribution in [0.3, 0.4) is 0 Å². The minimum Gasteiger partial charge on any atom is -0.104 e. The van der Waals surface area contributed by atoms with E-state index < -0.39 is 0 Å². The summed E-state index contributed by atoms with van der Waals surface area (Å²) < 4.78 is 0. The van der Waals surface area contributed by atoms with Gasteiger partial charge in [-0.15, -0.1) is 11.8 Å². The quantitative estimate of drug-likeness (QED) is 0.590. The maximum absolute atomic E-state index is 5.16. The summed E-state index contributed by atoms with van der Waals surface area (Å²) in [6, 6.07) is 0. The number of halogens is 2. The van der Waals surface area contributed by atoms with E-state index >= 15 is 0 Å². The average molecular weight is 155 g/mol. The van der Waals surface area contributed by atoms with E-state index in [9.17, 15) is 0 Å². The van der Waals surface area contributed by atoms with Gasteiger partial charge in [-0.3, -0.25) is 0 Å². The first kappa shape index (κ1) is 7.41. The van der Waals surface area contributed by atoms with E-state index in [0.29, 0.717) is 0 Å². The summed E-state index contributed by atoms with van der Waals surface area (Å²) >= 11 is 11.7. The fourth-order valence-corrected chi connectivity index (χ4v) is 0.671. The van der Waals surface area contributed by atoms with E-state index in [1.54, 1.807) is 10.8 Å². The minimum absolute atomic E-state index is 1.43. The number of thioether (sulfide) groups is 1. The molecule has 0 aromatic rings. The number of rotatable bonds is 2. The molecule has 0 aliphatic heterocycles. The Bertz CT molecular complexity index is 67.8. The molecule has 0 spiro atoms. The summed E-state index contributed by atoms with van der Waals surface area (Å²) in [7, 11) is 0. The molecule has 0 bridgehead atoms. The first-order valence-corrected chi connectivity index (χ1v) is 3.39. The molecule has 0 fully saturated rings. The summed E-state index contributed by atoms with van der Waals surface area (Å²) in [5.74, 6) is 0. The van der Waals surface area contributed by atoms with Crippen molar-refractivity contribution in [3.63, 3.8) is 0 Å². The van der Waals surface area contributed by atoms with Crippen LogP contribution < -0.4 is 0 Å². The van der Waals surface area contributed by atoms with Gasteiger partial charge in [0.15, 0.2) is 0 Å². The Kier molecular flexibility index (Phi) is 6.79. The van der Waals surface area contributed by atoms with Crippen molar-refractivity contribution in [2.75, 3.05) is 0 Å². The number of hydrogen-bond donors (Lipinski definition) is 0. The maximum atomic E-state index is 5.16. The summed E-state index contributed by atoms with van der Waals surface area (Å²) in [5.41, 5.74) is 2.86. The molecule has 0 aliphatic rings. The molecular formula is C4H4Cl2S. The molecule has 40 valence electrons. The molecule has 0 atom stereocenters. The van der Waals surface area contributed by atoms with Gasteiger partial charge in [-0.05, 0) is 10.8 Å². The van der Waals surface area contributed by atoms with Crippen molar-refractivity contribution in [3.8, 4) is 0 Å². The fraction of sp³-hybridized carbons (Fsp3) is 0. The van der Waals surface area contributed by atoms with E-state index in [-0.39, 0.29) is 0 Å². The van der Waals surface area contributed by atoms with E-state index in [1.807, 2.05) is 0 Å². The molecule has 0 N–H and O–H groups in total. The Morgan fingerprint density at radius 2 is 1.43 bits per heavy atom. The Morgan fingerprint density at radius 3 is 1.71 bits per heavy atom. The topological polar surface area (TPSA) is 0 Å². The highest BCUT2D eigenvalue weighted by molar-refractivity contribution is 8.04. The third kappa shape index (κ3) is 6.41. The molecule has 0 amide bonds. The minimum atomic E-state index is 1.43. The molecule has 0 radical (unpaired) electrons. The molecule has 3 heteroatoms. The van der Waals surface area contributed by atoms with Gasteiger partial charge >= 0.3 is 0 Å². The van der Waals surface area contributed by atoms with Gasteiger partial charge in [0.05, 0.1) is 0 Å². The molecule has 0 saturated carbocycles. The van der Waals surface area contributed by atoms with Gasteiger partial charge in [0.2, 0.25) is 0 Å². The third-order valence-electron chi connectivity index (χ3n) is 0.260. The molecule has 0 unspecified atom stereocenters. The standard InChI is InChI=1S/C4H4Cl2S/c5-1-3-7-4-2-6/h1-4H/b3-1+,4-2?. The molecule has 0 aromatic carbocycles. The van der Waals surface area contributed by atoms with E-state index in [0.717, 1.165) is 0 Å². The van der Waals surface area contributed by atoms with Crippen LogP contribution in [0.25, 0.3) is 0 Å². The molecule has 0 heterocycles. The van der Waals surface area contributed by atoms with Crippen molar-refractivity contribution in [3.05, 3.63) is 21.9 Å². The van der Waals surface area contributed by atoms with Crippen LogP contribution in [0.1, 0.15) is 0 Å². The van der Waals surface area contributed by atoms with Crippen molar-refractivity contribution < 1.29 is 0 Å². The van der Waals surface area contributed by atoms with Gasteiger partial charge in [0, 0.05) is 11.1 Å². The predicted molar refractivity (Wildman–Crippen MR) is 37.6 cm³/mol. The van der Waals surface area contributed by atoms with Gasteiger partial charge in [-0.1, -0.05) is 23.2 Å². The van der Waals surface area contributed by atoms with E-state index in [2.05, 4.69) is 0 Å². The molecule has 0 nitrogen and oxygen atoms in total. The second-order valence-electron chi connectivity index (χ2n) is 0.660. The van der Waals surface area contributed by atoms with Gasteiger partial charge in [0.25, 0.3) is 0 Å². The summed E-state index contributed by atoms with van der Waals surface area (Å²) in [6.07, 6.45) is 0. The lowest BCUT2D eigenvalue weighted by Crippen LogP contribution is -1.34. The van der Waals surface area contributed by atoms with Gasteiger partial charge < -0.3 is 0 Å². The zero-order valence-corrected chi connectivity index (χ0v) is 5.80. The Morgan fingerprint density at radius 1 is 1.00 bits per heavy atom. The Hall–Kier alpha value is 0.410. The van der Waals surface area contributed by atoms with Crippen LogP contribution in [0, 0.1) is 0 Å². The Balaban J connectivity index is 2.98. The molecular weight excluding hydrogens is 151 g/mol. The van der Waals surface area contributed by atoms with Crippen LogP contribution in [-0.2, 0) is 0 Å². The van der Waals surface area contributed by atoms with Gasteiger partial charge in [-0.25, -0.2) is 0 Å². The smallest absolute Gasteiger partial charge is 0.0109 e. The van der Waals surface area contributed by atoms with Gasteiger partial charge in [-0.2, -0.15) is 0 Å². The van der Waals surface area contributed by atoms with Crippen molar-refractivity contribution in [2.45, 2.75) is 0 Å². The van der Waals surface area contributed by atoms with Crippen molar-refractivity contribution in [1.82, 2.24) is 0 Å². The molecule has 0 saturated heterocycles. The lowest BCUT2D eigenvalue weighted by molar-refractivity contribution is 2.46. The Labute approximate surface area is 57.2 Å². The van der Waals surface area contributed by atoms with Crippen molar-refractivity contribution in [2.24, 2.45) is 0 Å². The summed E-state index contributed by atoms with van der Waals surface area (Å²) in [4.78, 5) is 0. The SMILES string of the molecule is ClC=CS/C=C/Cl. The molecule has 0 aromatic heterocycles. The zero-order chi connectivity index (χ0) is 5.54. The van der Waals surface area contributed by atoms with E-state index in [4.69, 9.17) is 23.2 Å². The third-order valence-corrected chi connectivity index (χ3v) is 1.40. The van der Waals surface area contributed by atoms with Crippen LogP contribution >= 0.6 is 35.0 Å². The van der Waals surface area contributed by atoms with E-state index in [1.165, 1.54) is 22.8 Å². The largest absolute Gasteiger partial charge is 0.104 e. The van der Waals surface area contributed by atoms with Crippen LogP contribution in [0.5, 0.6) is 0 Å². The molecule has 0 aliphatic carbocycles. The molecule has 0 rings (SSSR count). The monoisotopic (exact) mass is 154 g/mol. The lowest BCUT2D eigenvalue weighted by atomic mass is 11.2. The maximum Gasteiger partial charge on any atom is 0.0109 e. The second-order valence-corrected chi connectivity index (χ2v) is 1.98. The molecule has 7 heavy (non-hydrogen) atoms. The van der Waals surface area contributed by atoms with Crippen LogP contribution in [0.4, 0.5) is 0 Å². The van der Waals surface area contributed by atoms with Crippen LogP contribution in [0.15, 0.2) is 21.9 Å². The van der Waals surface area contributed by atoms with Crippen molar-refractivity contribution in [1.29, 1.82) is 0 Å². The summed E-state index contributed by atoms with van der Waals surface area (Å²) in [6.45, 7) is 0. The first-order chi connectivity index (χ1) is 3.41. The van der Waals surface area contributed by atoms with Gasteiger partial charge in [0.1, 0.15) is 0 Å². The van der Waals surface area contributed by atoms with Crippen LogP contribution in [-0.4, -0.2) is 0 Å². The normalized spacial score (nSPS) is 11.7. The van der Waals surface area contributed by atoms with Crippen molar-refractivity contribution >= 4 is 35.0 Å². The number of hydrogen-bond acceptors (Lipinski definition) is 1. The highest BCUT2D eigenvalue weighted by atomic mass is 35.5. The predicted octanol–water partition coefficient (Wildman–Crippen LogP) is 3.14. The average Bonchev–Trinajstić information content (AvgIpc) is 1.69.